The minimum atomic E-state index is 0.156. The zero-order chi connectivity index (χ0) is 22.8. The Balaban J connectivity index is 1.09. The molecule has 7 heteroatoms. The Morgan fingerprint density at radius 1 is 0.879 bits per heavy atom. The average molecular weight is 454 g/mol. The molecule has 1 saturated carbocycles. The molecule has 0 aromatic heterocycles. The molecule has 3 saturated heterocycles. The van der Waals surface area contributed by atoms with E-state index in [9.17, 15) is 9.59 Å². The van der Waals surface area contributed by atoms with Crippen molar-refractivity contribution in [3.63, 3.8) is 0 Å². The number of benzene rings is 1. The van der Waals surface area contributed by atoms with Crippen molar-refractivity contribution in [2.45, 2.75) is 51.1 Å². The maximum atomic E-state index is 12.9. The van der Waals surface area contributed by atoms with Gasteiger partial charge in [-0.1, -0.05) is 12.5 Å². The molecule has 5 rings (SSSR count). The molecule has 0 bridgehead atoms. The molecular formula is C26H39N5O2. The fourth-order valence-electron chi connectivity index (χ4n) is 5.78. The summed E-state index contributed by atoms with van der Waals surface area (Å²) in [6.45, 7) is 10.9. The minimum Gasteiger partial charge on any atom is -0.369 e. The number of rotatable bonds is 5. The largest absolute Gasteiger partial charge is 0.369 e. The lowest BCUT2D eigenvalue weighted by atomic mass is 9.91. The first kappa shape index (κ1) is 22.7. The highest BCUT2D eigenvalue weighted by molar-refractivity contribution is 5.95. The van der Waals surface area contributed by atoms with E-state index in [0.29, 0.717) is 12.6 Å². The average Bonchev–Trinajstić information content (AvgIpc) is 3.24. The number of likely N-dealkylation sites (tertiary alicyclic amines) is 1. The Kier molecular flexibility index (Phi) is 6.88. The summed E-state index contributed by atoms with van der Waals surface area (Å²) < 4.78 is 0. The zero-order valence-electron chi connectivity index (χ0n) is 20.1. The molecule has 0 N–H and O–H groups in total. The monoisotopic (exact) mass is 453 g/mol. The van der Waals surface area contributed by atoms with E-state index in [2.05, 4.69) is 38.7 Å². The first-order valence-electron chi connectivity index (χ1n) is 13.0. The Morgan fingerprint density at radius 3 is 2.27 bits per heavy atom. The van der Waals surface area contributed by atoms with Crippen LogP contribution in [-0.2, 0) is 4.79 Å². The Morgan fingerprint density at radius 2 is 1.64 bits per heavy atom. The number of hydrogen-bond donors (Lipinski definition) is 0. The van der Waals surface area contributed by atoms with Gasteiger partial charge in [-0.3, -0.25) is 19.4 Å². The van der Waals surface area contributed by atoms with Gasteiger partial charge in [-0.15, -0.1) is 0 Å². The molecule has 7 nitrogen and oxygen atoms in total. The predicted octanol–water partition coefficient (Wildman–Crippen LogP) is 2.13. The summed E-state index contributed by atoms with van der Waals surface area (Å²) in [7, 11) is 0. The maximum absolute atomic E-state index is 12.9. The van der Waals surface area contributed by atoms with Crippen LogP contribution in [0.1, 0.15) is 49.4 Å². The topological polar surface area (TPSA) is 50.3 Å². The normalized spacial score (nSPS) is 25.4. The standard InChI is InChI=1S/C26H39N5O2/c1-21-5-4-10-31(21)26(33)22-6-2-9-24(19-22)29-13-11-27(12-14-29)20-25(32)30-17-15-28(16-18-30)23-7-3-8-23/h2,6,9,19,21,23H,3-5,7-8,10-18,20H2,1H3. The van der Waals surface area contributed by atoms with Gasteiger partial charge in [-0.05, 0) is 50.8 Å². The van der Waals surface area contributed by atoms with Crippen molar-refractivity contribution in [3.8, 4) is 0 Å². The van der Waals surface area contributed by atoms with Crippen LogP contribution in [0.2, 0.25) is 0 Å². The summed E-state index contributed by atoms with van der Waals surface area (Å²) >= 11 is 0. The molecular weight excluding hydrogens is 414 g/mol. The fourth-order valence-corrected chi connectivity index (χ4v) is 5.78. The summed E-state index contributed by atoms with van der Waals surface area (Å²) in [5.74, 6) is 0.438. The van der Waals surface area contributed by atoms with E-state index in [1.54, 1.807) is 0 Å². The molecule has 33 heavy (non-hydrogen) atoms. The molecule has 1 aromatic rings. The van der Waals surface area contributed by atoms with Crippen molar-refractivity contribution in [2.75, 3.05) is 70.3 Å². The van der Waals surface area contributed by atoms with Gasteiger partial charge in [0.25, 0.3) is 5.91 Å². The minimum absolute atomic E-state index is 0.156. The third-order valence-electron chi connectivity index (χ3n) is 8.26. The third-order valence-corrected chi connectivity index (χ3v) is 8.26. The molecule has 180 valence electrons. The number of piperazine rings is 2. The molecule has 3 aliphatic heterocycles. The second kappa shape index (κ2) is 10.0. The first-order valence-corrected chi connectivity index (χ1v) is 13.0. The number of amides is 2. The van der Waals surface area contributed by atoms with E-state index in [1.807, 2.05) is 17.0 Å². The van der Waals surface area contributed by atoms with Crippen LogP contribution in [0.3, 0.4) is 0 Å². The van der Waals surface area contributed by atoms with Crippen LogP contribution < -0.4 is 4.90 Å². The predicted molar refractivity (Wildman–Crippen MR) is 131 cm³/mol. The molecule has 1 aliphatic carbocycles. The number of nitrogens with zero attached hydrogens (tertiary/aromatic N) is 5. The Bertz CT molecular complexity index is 841. The zero-order valence-corrected chi connectivity index (χ0v) is 20.1. The summed E-state index contributed by atoms with van der Waals surface area (Å²) in [5.41, 5.74) is 1.91. The quantitative estimate of drug-likeness (QED) is 0.684. The Labute approximate surface area is 198 Å². The van der Waals surface area contributed by atoms with Gasteiger partial charge in [0, 0.05) is 82.2 Å². The summed E-state index contributed by atoms with van der Waals surface area (Å²) in [6.07, 6.45) is 6.25. The van der Waals surface area contributed by atoms with Crippen molar-refractivity contribution < 1.29 is 9.59 Å². The molecule has 0 radical (unpaired) electrons. The van der Waals surface area contributed by atoms with E-state index >= 15 is 0 Å². The van der Waals surface area contributed by atoms with Gasteiger partial charge >= 0.3 is 0 Å². The van der Waals surface area contributed by atoms with Gasteiger partial charge in [0.2, 0.25) is 5.91 Å². The number of hydrogen-bond acceptors (Lipinski definition) is 5. The number of carbonyl (C=O) groups excluding carboxylic acids is 2. The number of carbonyl (C=O) groups is 2. The lowest BCUT2D eigenvalue weighted by Gasteiger charge is -2.43. The van der Waals surface area contributed by atoms with Crippen LogP contribution >= 0.6 is 0 Å². The van der Waals surface area contributed by atoms with Gasteiger partial charge in [-0.2, -0.15) is 0 Å². The third kappa shape index (κ3) is 5.04. The van der Waals surface area contributed by atoms with E-state index in [4.69, 9.17) is 0 Å². The highest BCUT2D eigenvalue weighted by Gasteiger charge is 2.30. The molecule has 3 heterocycles. The fraction of sp³-hybridized carbons (Fsp3) is 0.692. The van der Waals surface area contributed by atoms with Crippen LogP contribution in [0.5, 0.6) is 0 Å². The molecule has 2 amide bonds. The van der Waals surface area contributed by atoms with Crippen molar-refractivity contribution >= 4 is 17.5 Å². The first-order chi connectivity index (χ1) is 16.1. The van der Waals surface area contributed by atoms with Crippen molar-refractivity contribution in [2.24, 2.45) is 0 Å². The summed E-state index contributed by atoms with van der Waals surface area (Å²) in [6, 6.07) is 9.22. The van der Waals surface area contributed by atoms with Gasteiger partial charge in [0.1, 0.15) is 0 Å². The van der Waals surface area contributed by atoms with Crippen molar-refractivity contribution in [1.29, 1.82) is 0 Å². The van der Waals surface area contributed by atoms with Crippen LogP contribution in [0.15, 0.2) is 24.3 Å². The highest BCUT2D eigenvalue weighted by Crippen LogP contribution is 2.26. The van der Waals surface area contributed by atoms with Gasteiger partial charge < -0.3 is 14.7 Å². The maximum Gasteiger partial charge on any atom is 0.254 e. The van der Waals surface area contributed by atoms with Gasteiger partial charge in [0.05, 0.1) is 6.54 Å². The summed E-state index contributed by atoms with van der Waals surface area (Å²) in [4.78, 5) is 37.1. The van der Waals surface area contributed by atoms with Crippen LogP contribution in [0.25, 0.3) is 0 Å². The van der Waals surface area contributed by atoms with Crippen LogP contribution in [-0.4, -0.2) is 109 Å². The lowest BCUT2D eigenvalue weighted by Crippen LogP contribution is -2.56. The highest BCUT2D eigenvalue weighted by atomic mass is 16.2. The molecule has 1 aromatic carbocycles. The smallest absolute Gasteiger partial charge is 0.254 e. The Hall–Kier alpha value is -2.12. The second-order valence-corrected chi connectivity index (χ2v) is 10.3. The second-order valence-electron chi connectivity index (χ2n) is 10.3. The van der Waals surface area contributed by atoms with E-state index in [0.717, 1.165) is 89.0 Å². The van der Waals surface area contributed by atoms with E-state index in [1.165, 1.54) is 19.3 Å². The number of anilines is 1. The lowest BCUT2D eigenvalue weighted by molar-refractivity contribution is -0.134. The van der Waals surface area contributed by atoms with E-state index < -0.39 is 0 Å². The van der Waals surface area contributed by atoms with E-state index in [-0.39, 0.29) is 11.8 Å². The SMILES string of the molecule is CC1CCCN1C(=O)c1cccc(N2CCN(CC(=O)N3CCN(C4CCC4)CC3)CC2)c1. The molecule has 0 spiro atoms. The molecule has 4 aliphatic rings. The van der Waals surface area contributed by atoms with Gasteiger partial charge in [-0.25, -0.2) is 0 Å². The summed E-state index contributed by atoms with van der Waals surface area (Å²) in [5, 5.41) is 0. The van der Waals surface area contributed by atoms with Crippen LogP contribution in [0.4, 0.5) is 5.69 Å². The molecule has 1 atom stereocenters. The van der Waals surface area contributed by atoms with Crippen LogP contribution in [0, 0.1) is 0 Å². The van der Waals surface area contributed by atoms with Crippen molar-refractivity contribution in [3.05, 3.63) is 29.8 Å². The van der Waals surface area contributed by atoms with Crippen molar-refractivity contribution in [1.82, 2.24) is 19.6 Å². The van der Waals surface area contributed by atoms with Gasteiger partial charge in [0.15, 0.2) is 0 Å². The molecule has 1 unspecified atom stereocenters. The molecule has 4 fully saturated rings.